The first-order chi connectivity index (χ1) is 9.24. The maximum absolute atomic E-state index is 12.1. The van der Waals surface area contributed by atoms with Gasteiger partial charge in [-0.15, -0.1) is 5.10 Å². The minimum atomic E-state index is -0.0152. The number of carbonyl (C=O) groups excluding carboxylic acids is 1. The standard InChI is InChI=1S/C12H12N4O2S/c1-8-11(19-15-14-8)12(17)16-6-10(7-16)18-9-3-2-4-13-5-9/h2-5,10H,6-7H2,1H3. The van der Waals surface area contributed by atoms with Crippen molar-refractivity contribution in [3.05, 3.63) is 35.1 Å². The number of likely N-dealkylation sites (tertiary alicyclic amines) is 1. The molecule has 2 aromatic heterocycles. The monoisotopic (exact) mass is 276 g/mol. The van der Waals surface area contributed by atoms with E-state index in [-0.39, 0.29) is 12.0 Å². The number of aryl methyl sites for hydroxylation is 1. The maximum Gasteiger partial charge on any atom is 0.267 e. The van der Waals surface area contributed by atoms with E-state index < -0.39 is 0 Å². The molecule has 7 heteroatoms. The number of pyridine rings is 1. The molecule has 0 aliphatic carbocycles. The van der Waals surface area contributed by atoms with Crippen molar-refractivity contribution in [2.75, 3.05) is 13.1 Å². The largest absolute Gasteiger partial charge is 0.485 e. The Hall–Kier alpha value is -2.02. The van der Waals surface area contributed by atoms with Crippen LogP contribution in [0.5, 0.6) is 5.75 Å². The number of ether oxygens (including phenoxy) is 1. The fraction of sp³-hybridized carbons (Fsp3) is 0.333. The number of hydrogen-bond acceptors (Lipinski definition) is 6. The van der Waals surface area contributed by atoms with Crippen LogP contribution in [0.4, 0.5) is 0 Å². The van der Waals surface area contributed by atoms with E-state index in [4.69, 9.17) is 4.74 Å². The van der Waals surface area contributed by atoms with Crippen molar-refractivity contribution in [1.29, 1.82) is 0 Å². The summed E-state index contributed by atoms with van der Waals surface area (Å²) in [7, 11) is 0. The first-order valence-electron chi connectivity index (χ1n) is 5.89. The zero-order valence-corrected chi connectivity index (χ0v) is 11.1. The summed E-state index contributed by atoms with van der Waals surface area (Å²) in [4.78, 5) is 18.4. The van der Waals surface area contributed by atoms with E-state index in [0.29, 0.717) is 23.7 Å². The summed E-state index contributed by atoms with van der Waals surface area (Å²) >= 11 is 1.14. The van der Waals surface area contributed by atoms with E-state index in [9.17, 15) is 4.79 Å². The fourth-order valence-electron chi connectivity index (χ4n) is 1.86. The molecule has 1 aliphatic rings. The van der Waals surface area contributed by atoms with Crippen LogP contribution in [0.15, 0.2) is 24.5 Å². The van der Waals surface area contributed by atoms with E-state index >= 15 is 0 Å². The summed E-state index contributed by atoms with van der Waals surface area (Å²) in [5, 5.41) is 3.85. The lowest BCUT2D eigenvalue weighted by Gasteiger charge is -2.38. The van der Waals surface area contributed by atoms with Gasteiger partial charge in [0.2, 0.25) is 0 Å². The fourth-order valence-corrected chi connectivity index (χ4v) is 2.48. The normalized spacial score (nSPS) is 15.1. The summed E-state index contributed by atoms with van der Waals surface area (Å²) in [6, 6.07) is 3.68. The molecule has 0 radical (unpaired) electrons. The van der Waals surface area contributed by atoms with E-state index in [1.165, 1.54) is 0 Å². The van der Waals surface area contributed by atoms with Gasteiger partial charge in [0.05, 0.1) is 25.0 Å². The predicted molar refractivity (Wildman–Crippen MR) is 69.2 cm³/mol. The van der Waals surface area contributed by atoms with Crippen LogP contribution in [-0.4, -0.2) is 44.6 Å². The van der Waals surface area contributed by atoms with E-state index in [0.717, 1.165) is 17.3 Å². The van der Waals surface area contributed by atoms with Crippen molar-refractivity contribution in [2.45, 2.75) is 13.0 Å². The lowest BCUT2D eigenvalue weighted by molar-refractivity contribution is 0.0179. The van der Waals surface area contributed by atoms with Gasteiger partial charge in [-0.05, 0) is 30.6 Å². The second-order valence-corrected chi connectivity index (χ2v) is 5.08. The molecule has 3 heterocycles. The minimum absolute atomic E-state index is 0.0152. The Morgan fingerprint density at radius 3 is 3.00 bits per heavy atom. The molecule has 1 fully saturated rings. The molecule has 0 unspecified atom stereocenters. The smallest absolute Gasteiger partial charge is 0.267 e. The predicted octanol–water partition coefficient (Wildman–Crippen LogP) is 1.14. The maximum atomic E-state index is 12.1. The molecule has 2 aromatic rings. The summed E-state index contributed by atoms with van der Waals surface area (Å²) < 4.78 is 9.47. The third-order valence-electron chi connectivity index (χ3n) is 2.92. The molecule has 0 atom stereocenters. The van der Waals surface area contributed by atoms with Gasteiger partial charge in [0.25, 0.3) is 5.91 Å². The van der Waals surface area contributed by atoms with Crippen LogP contribution in [-0.2, 0) is 0 Å². The Balaban J connectivity index is 1.56. The number of carbonyl (C=O) groups is 1. The zero-order valence-electron chi connectivity index (χ0n) is 10.3. The zero-order chi connectivity index (χ0) is 13.2. The quantitative estimate of drug-likeness (QED) is 0.841. The first kappa shape index (κ1) is 12.0. The van der Waals surface area contributed by atoms with Crippen molar-refractivity contribution in [3.8, 4) is 5.75 Å². The van der Waals surface area contributed by atoms with Crippen LogP contribution in [0.2, 0.25) is 0 Å². The summed E-state index contributed by atoms with van der Waals surface area (Å²) in [5.74, 6) is 0.716. The second kappa shape index (κ2) is 4.93. The van der Waals surface area contributed by atoms with Gasteiger partial charge in [0, 0.05) is 6.20 Å². The number of rotatable bonds is 3. The van der Waals surface area contributed by atoms with Crippen molar-refractivity contribution >= 4 is 17.4 Å². The number of amides is 1. The van der Waals surface area contributed by atoms with Crippen LogP contribution in [0, 0.1) is 6.92 Å². The van der Waals surface area contributed by atoms with E-state index in [1.54, 1.807) is 24.2 Å². The van der Waals surface area contributed by atoms with Crippen LogP contribution < -0.4 is 4.74 Å². The van der Waals surface area contributed by atoms with E-state index in [1.807, 2.05) is 12.1 Å². The molecule has 1 aliphatic heterocycles. The highest BCUT2D eigenvalue weighted by atomic mass is 32.1. The summed E-state index contributed by atoms with van der Waals surface area (Å²) in [6.07, 6.45) is 3.40. The SMILES string of the molecule is Cc1nnsc1C(=O)N1CC(Oc2cccnc2)C1. The average Bonchev–Trinajstić information content (AvgIpc) is 2.80. The topological polar surface area (TPSA) is 68.2 Å². The van der Waals surface area contributed by atoms with Gasteiger partial charge in [0.15, 0.2) is 0 Å². The molecule has 6 nitrogen and oxygen atoms in total. The van der Waals surface area contributed by atoms with Gasteiger partial charge in [-0.1, -0.05) is 4.49 Å². The molecular weight excluding hydrogens is 264 g/mol. The number of nitrogens with zero attached hydrogens (tertiary/aromatic N) is 4. The van der Waals surface area contributed by atoms with Crippen molar-refractivity contribution in [2.24, 2.45) is 0 Å². The lowest BCUT2D eigenvalue weighted by Crippen LogP contribution is -2.56. The van der Waals surface area contributed by atoms with Gasteiger partial charge in [-0.2, -0.15) is 0 Å². The molecule has 0 N–H and O–H groups in total. The highest BCUT2D eigenvalue weighted by Gasteiger charge is 2.34. The van der Waals surface area contributed by atoms with Crippen LogP contribution in [0.1, 0.15) is 15.4 Å². The second-order valence-electron chi connectivity index (χ2n) is 4.33. The first-order valence-corrected chi connectivity index (χ1v) is 6.66. The molecular formula is C12H12N4O2S. The number of aromatic nitrogens is 3. The van der Waals surface area contributed by atoms with Crippen LogP contribution in [0.25, 0.3) is 0 Å². The van der Waals surface area contributed by atoms with Gasteiger partial charge < -0.3 is 9.64 Å². The molecule has 0 saturated carbocycles. The Morgan fingerprint density at radius 1 is 1.53 bits per heavy atom. The average molecular weight is 276 g/mol. The Kier molecular flexibility index (Phi) is 3.12. The van der Waals surface area contributed by atoms with E-state index in [2.05, 4.69) is 14.6 Å². The Labute approximate surface area is 114 Å². The Morgan fingerprint density at radius 2 is 2.37 bits per heavy atom. The van der Waals surface area contributed by atoms with Crippen LogP contribution >= 0.6 is 11.5 Å². The van der Waals surface area contributed by atoms with Gasteiger partial charge in [-0.25, -0.2) is 0 Å². The van der Waals surface area contributed by atoms with Crippen molar-refractivity contribution in [1.82, 2.24) is 19.5 Å². The minimum Gasteiger partial charge on any atom is -0.485 e. The third-order valence-corrected chi connectivity index (χ3v) is 3.73. The highest BCUT2D eigenvalue weighted by molar-refractivity contribution is 7.07. The molecule has 0 aromatic carbocycles. The van der Waals surface area contributed by atoms with Gasteiger partial charge in [-0.3, -0.25) is 9.78 Å². The van der Waals surface area contributed by atoms with Crippen molar-refractivity contribution < 1.29 is 9.53 Å². The summed E-state index contributed by atoms with van der Waals surface area (Å²) in [5.41, 5.74) is 0.687. The highest BCUT2D eigenvalue weighted by Crippen LogP contribution is 2.21. The van der Waals surface area contributed by atoms with Crippen LogP contribution in [0.3, 0.4) is 0 Å². The molecule has 1 amide bonds. The van der Waals surface area contributed by atoms with Gasteiger partial charge >= 0.3 is 0 Å². The van der Waals surface area contributed by atoms with Crippen molar-refractivity contribution in [3.63, 3.8) is 0 Å². The summed E-state index contributed by atoms with van der Waals surface area (Å²) in [6.45, 7) is 2.97. The lowest BCUT2D eigenvalue weighted by atomic mass is 10.1. The Bertz CT molecular complexity index is 580. The molecule has 98 valence electrons. The molecule has 3 rings (SSSR count). The molecule has 19 heavy (non-hydrogen) atoms. The van der Waals surface area contributed by atoms with Gasteiger partial charge in [0.1, 0.15) is 16.7 Å². The number of hydrogen-bond donors (Lipinski definition) is 0. The molecule has 0 spiro atoms. The molecule has 1 saturated heterocycles. The molecule has 0 bridgehead atoms. The third kappa shape index (κ3) is 2.41.